The molecule has 0 saturated heterocycles. The van der Waals surface area contributed by atoms with Crippen molar-refractivity contribution in [3.63, 3.8) is 0 Å². The van der Waals surface area contributed by atoms with Crippen molar-refractivity contribution < 1.29 is 0 Å². The summed E-state index contributed by atoms with van der Waals surface area (Å²) in [6, 6.07) is 1.84. The molecule has 6 heteroatoms. The summed E-state index contributed by atoms with van der Waals surface area (Å²) in [4.78, 5) is 7.90. The molecule has 0 radical (unpaired) electrons. The number of aromatic nitrogens is 5. The molecule has 6 nitrogen and oxygen atoms in total. The molecule has 0 atom stereocenters. The van der Waals surface area contributed by atoms with Crippen LogP contribution in [0.1, 0.15) is 6.42 Å². The molecule has 0 saturated carbocycles. The van der Waals surface area contributed by atoms with Gasteiger partial charge in [0, 0.05) is 25.5 Å². The van der Waals surface area contributed by atoms with Gasteiger partial charge in [0.05, 0.1) is 6.20 Å². The first kappa shape index (κ1) is 9.57. The van der Waals surface area contributed by atoms with Crippen LogP contribution in [0.3, 0.4) is 0 Å². The van der Waals surface area contributed by atoms with Crippen molar-refractivity contribution in [2.75, 3.05) is 11.9 Å². The van der Waals surface area contributed by atoms with E-state index in [0.717, 1.165) is 25.3 Å². The summed E-state index contributed by atoms with van der Waals surface area (Å²) in [5.41, 5.74) is 0. The molecule has 15 heavy (non-hydrogen) atoms. The monoisotopic (exact) mass is 204 g/mol. The highest BCUT2D eigenvalue weighted by atomic mass is 15.4. The molecule has 0 aromatic carbocycles. The summed E-state index contributed by atoms with van der Waals surface area (Å²) in [6.07, 6.45) is 7.75. The number of anilines is 1. The number of rotatable bonds is 5. The van der Waals surface area contributed by atoms with E-state index in [-0.39, 0.29) is 0 Å². The molecule has 0 unspecified atom stereocenters. The van der Waals surface area contributed by atoms with Gasteiger partial charge in [-0.15, -0.1) is 5.10 Å². The van der Waals surface area contributed by atoms with Crippen molar-refractivity contribution in [2.45, 2.75) is 13.0 Å². The second kappa shape index (κ2) is 5.04. The summed E-state index contributed by atoms with van der Waals surface area (Å²) in [5, 5.41) is 10.8. The fourth-order valence-corrected chi connectivity index (χ4v) is 1.20. The van der Waals surface area contributed by atoms with Crippen LogP contribution >= 0.6 is 0 Å². The largest absolute Gasteiger partial charge is 0.370 e. The van der Waals surface area contributed by atoms with Crippen LogP contribution in [0.2, 0.25) is 0 Å². The predicted molar refractivity (Wildman–Crippen MR) is 55.2 cm³/mol. The fraction of sp³-hybridized carbons (Fsp3) is 0.333. The van der Waals surface area contributed by atoms with Gasteiger partial charge in [-0.3, -0.25) is 4.68 Å². The minimum absolute atomic E-state index is 0.851. The molecule has 2 heterocycles. The Balaban J connectivity index is 1.68. The van der Waals surface area contributed by atoms with E-state index in [4.69, 9.17) is 0 Å². The molecule has 0 fully saturated rings. The van der Waals surface area contributed by atoms with Gasteiger partial charge in [0.15, 0.2) is 0 Å². The lowest BCUT2D eigenvalue weighted by Gasteiger charge is -2.04. The van der Waals surface area contributed by atoms with Crippen molar-refractivity contribution >= 4 is 5.82 Å². The van der Waals surface area contributed by atoms with Crippen LogP contribution < -0.4 is 5.32 Å². The molecule has 0 aliphatic rings. The lowest BCUT2D eigenvalue weighted by Crippen LogP contribution is -2.08. The Labute approximate surface area is 87.4 Å². The van der Waals surface area contributed by atoms with Crippen LogP contribution in [0.25, 0.3) is 0 Å². The third-order valence-corrected chi connectivity index (χ3v) is 1.92. The minimum atomic E-state index is 0.851. The summed E-state index contributed by atoms with van der Waals surface area (Å²) < 4.78 is 1.81. The van der Waals surface area contributed by atoms with Crippen LogP contribution in [0.4, 0.5) is 5.82 Å². The van der Waals surface area contributed by atoms with Crippen molar-refractivity contribution in [1.29, 1.82) is 0 Å². The Bertz CT molecular complexity index is 371. The van der Waals surface area contributed by atoms with Gasteiger partial charge in [0.25, 0.3) is 0 Å². The van der Waals surface area contributed by atoms with E-state index in [1.807, 2.05) is 16.9 Å². The van der Waals surface area contributed by atoms with Gasteiger partial charge in [-0.25, -0.2) is 9.97 Å². The Kier molecular flexibility index (Phi) is 3.22. The minimum Gasteiger partial charge on any atom is -0.370 e. The molecule has 0 spiro atoms. The summed E-state index contributed by atoms with van der Waals surface area (Å²) in [6.45, 7) is 1.72. The van der Waals surface area contributed by atoms with Gasteiger partial charge in [-0.1, -0.05) is 5.21 Å². The third-order valence-electron chi connectivity index (χ3n) is 1.92. The van der Waals surface area contributed by atoms with Crippen LogP contribution in [0, 0.1) is 0 Å². The molecule has 78 valence electrons. The smallest absolute Gasteiger partial charge is 0.129 e. The molecule has 2 aromatic heterocycles. The van der Waals surface area contributed by atoms with Gasteiger partial charge in [0.2, 0.25) is 0 Å². The number of hydrogen-bond acceptors (Lipinski definition) is 5. The van der Waals surface area contributed by atoms with Crippen LogP contribution in [0.15, 0.2) is 31.0 Å². The molecule has 1 N–H and O–H groups in total. The number of nitrogens with zero attached hydrogens (tertiary/aromatic N) is 5. The van der Waals surface area contributed by atoms with Crippen LogP contribution in [-0.2, 0) is 6.54 Å². The second-order valence-corrected chi connectivity index (χ2v) is 3.04. The predicted octanol–water partition coefficient (Wildman–Crippen LogP) is 0.570. The van der Waals surface area contributed by atoms with E-state index in [2.05, 4.69) is 25.6 Å². The lowest BCUT2D eigenvalue weighted by molar-refractivity contribution is 0.569. The number of hydrogen-bond donors (Lipinski definition) is 1. The SMILES string of the molecule is c1cc(NCCCn2ccnn2)ncn1. The zero-order chi connectivity index (χ0) is 10.3. The Morgan fingerprint density at radius 2 is 2.33 bits per heavy atom. The average Bonchev–Trinajstić information content (AvgIpc) is 2.79. The molecule has 0 aliphatic heterocycles. The van der Waals surface area contributed by atoms with Crippen molar-refractivity contribution in [3.05, 3.63) is 31.0 Å². The van der Waals surface area contributed by atoms with Crippen molar-refractivity contribution in [1.82, 2.24) is 25.0 Å². The highest BCUT2D eigenvalue weighted by molar-refractivity contribution is 5.30. The van der Waals surface area contributed by atoms with Gasteiger partial charge in [-0.2, -0.15) is 0 Å². The highest BCUT2D eigenvalue weighted by Crippen LogP contribution is 1.98. The van der Waals surface area contributed by atoms with Crippen LogP contribution in [0.5, 0.6) is 0 Å². The third kappa shape index (κ3) is 3.01. The maximum absolute atomic E-state index is 4.06. The van der Waals surface area contributed by atoms with E-state index in [1.165, 1.54) is 6.33 Å². The normalized spacial score (nSPS) is 10.1. The summed E-state index contributed by atoms with van der Waals surface area (Å²) in [7, 11) is 0. The van der Waals surface area contributed by atoms with Crippen LogP contribution in [-0.4, -0.2) is 31.5 Å². The molecule has 0 bridgehead atoms. The zero-order valence-electron chi connectivity index (χ0n) is 8.24. The van der Waals surface area contributed by atoms with E-state index in [0.29, 0.717) is 0 Å². The Morgan fingerprint density at radius 1 is 1.33 bits per heavy atom. The van der Waals surface area contributed by atoms with E-state index in [9.17, 15) is 0 Å². The average molecular weight is 204 g/mol. The fourth-order valence-electron chi connectivity index (χ4n) is 1.20. The maximum atomic E-state index is 4.06. The molecule has 0 amide bonds. The highest BCUT2D eigenvalue weighted by Gasteiger charge is 1.93. The molecule has 2 rings (SSSR count). The molecule has 2 aromatic rings. The second-order valence-electron chi connectivity index (χ2n) is 3.04. The quantitative estimate of drug-likeness (QED) is 0.721. The Hall–Kier alpha value is -1.98. The molecule has 0 aliphatic carbocycles. The standard InChI is InChI=1S/C9H12N6/c1(6-15-7-5-13-14-15)3-11-9-2-4-10-8-12-9/h2,4-5,7-8H,1,3,6H2,(H,10,11,12). The summed E-state index contributed by atoms with van der Waals surface area (Å²) in [5.74, 6) is 0.851. The first-order valence-corrected chi connectivity index (χ1v) is 4.79. The maximum Gasteiger partial charge on any atom is 0.129 e. The number of aryl methyl sites for hydroxylation is 1. The Morgan fingerprint density at radius 3 is 3.07 bits per heavy atom. The number of nitrogens with one attached hydrogen (secondary N) is 1. The first-order valence-electron chi connectivity index (χ1n) is 4.79. The molecular weight excluding hydrogens is 192 g/mol. The zero-order valence-corrected chi connectivity index (χ0v) is 8.24. The van der Waals surface area contributed by atoms with E-state index < -0.39 is 0 Å². The van der Waals surface area contributed by atoms with Gasteiger partial charge in [0.1, 0.15) is 12.1 Å². The lowest BCUT2D eigenvalue weighted by atomic mass is 10.4. The molecular formula is C9H12N6. The van der Waals surface area contributed by atoms with E-state index in [1.54, 1.807) is 12.4 Å². The first-order chi connectivity index (χ1) is 7.45. The van der Waals surface area contributed by atoms with E-state index >= 15 is 0 Å². The summed E-state index contributed by atoms with van der Waals surface area (Å²) >= 11 is 0. The topological polar surface area (TPSA) is 68.5 Å². The van der Waals surface area contributed by atoms with Crippen molar-refractivity contribution in [2.24, 2.45) is 0 Å². The van der Waals surface area contributed by atoms with Gasteiger partial charge < -0.3 is 5.32 Å². The van der Waals surface area contributed by atoms with Gasteiger partial charge in [-0.05, 0) is 12.5 Å². The van der Waals surface area contributed by atoms with Crippen molar-refractivity contribution in [3.8, 4) is 0 Å². The van der Waals surface area contributed by atoms with Gasteiger partial charge >= 0.3 is 0 Å².